The summed E-state index contributed by atoms with van der Waals surface area (Å²) in [6, 6.07) is 8.92. The van der Waals surface area contributed by atoms with Crippen molar-refractivity contribution in [3.63, 3.8) is 0 Å². The zero-order valence-corrected chi connectivity index (χ0v) is 24.0. The summed E-state index contributed by atoms with van der Waals surface area (Å²) in [7, 11) is -1.60. The van der Waals surface area contributed by atoms with Crippen molar-refractivity contribution in [2.45, 2.75) is 58.3 Å². The van der Waals surface area contributed by atoms with Crippen LogP contribution in [-0.4, -0.2) is 53.9 Å². The van der Waals surface area contributed by atoms with Crippen LogP contribution in [0.5, 0.6) is 0 Å². The molecule has 2 atom stereocenters. The predicted octanol–water partition coefficient (Wildman–Crippen LogP) is 5.12. The lowest BCUT2D eigenvalue weighted by atomic mass is 10.1. The lowest BCUT2D eigenvalue weighted by Gasteiger charge is -2.24. The molecule has 39 heavy (non-hydrogen) atoms. The molecule has 1 aromatic heterocycles. The van der Waals surface area contributed by atoms with Crippen molar-refractivity contribution in [1.82, 2.24) is 14.8 Å². The topological polar surface area (TPSA) is 71.4 Å². The number of carbonyl (C=O) groups excluding carboxylic acids is 3. The molecule has 0 bridgehead atoms. The van der Waals surface area contributed by atoms with Crippen molar-refractivity contribution >= 4 is 48.2 Å². The first kappa shape index (κ1) is 28.5. The highest BCUT2D eigenvalue weighted by atomic mass is 35.5. The van der Waals surface area contributed by atoms with Crippen LogP contribution in [0.15, 0.2) is 42.6 Å². The standard InChI is InChI=1S/C29H30ClF2N3O3Si/c1-18(36)23-16-34(25-9-8-19(12-22(23)25)10-11-39(2,3)4)17-27(37)35-15-21(31)13-26(35)29(38)33-14-20-6-5-7-24(30)28(20)32/h5-9,12,16,21,26H,13-15,17H2,1-4H3,(H,33,38)/t21-,26+/m1/s1. The zero-order chi connectivity index (χ0) is 28.5. The van der Waals surface area contributed by atoms with Crippen molar-refractivity contribution < 1.29 is 23.2 Å². The molecule has 10 heteroatoms. The van der Waals surface area contributed by atoms with E-state index < -0.39 is 37.9 Å². The molecule has 1 saturated heterocycles. The summed E-state index contributed by atoms with van der Waals surface area (Å²) in [5.74, 6) is 1.36. The van der Waals surface area contributed by atoms with Gasteiger partial charge in [-0.25, -0.2) is 8.78 Å². The Morgan fingerprint density at radius 1 is 1.18 bits per heavy atom. The number of Topliss-reactive ketones (excluding diaryl/α,β-unsaturated/α-hetero) is 1. The first-order valence-electron chi connectivity index (χ1n) is 12.6. The molecular formula is C29H30ClF2N3O3Si. The number of hydrogen-bond donors (Lipinski definition) is 1. The quantitative estimate of drug-likeness (QED) is 0.254. The fraction of sp³-hybridized carbons (Fsp3) is 0.345. The van der Waals surface area contributed by atoms with Gasteiger partial charge < -0.3 is 14.8 Å². The van der Waals surface area contributed by atoms with Gasteiger partial charge in [-0.1, -0.05) is 49.3 Å². The fourth-order valence-electron chi connectivity index (χ4n) is 4.58. The summed E-state index contributed by atoms with van der Waals surface area (Å²) in [5.41, 5.74) is 5.40. The summed E-state index contributed by atoms with van der Waals surface area (Å²) >= 11 is 5.80. The SMILES string of the molecule is CC(=O)c1cn(CC(=O)N2C[C@H](F)C[C@H]2C(=O)NCc2cccc(Cl)c2F)c2ccc(C#C[Si](C)(C)C)cc12. The molecule has 1 N–H and O–H groups in total. The number of alkyl halides is 1. The summed E-state index contributed by atoms with van der Waals surface area (Å²) in [6.07, 6.45) is 0.0924. The number of carbonyl (C=O) groups is 3. The smallest absolute Gasteiger partial charge is 0.243 e. The minimum absolute atomic E-state index is 0.0673. The van der Waals surface area contributed by atoms with Gasteiger partial charge in [0.05, 0.1) is 11.6 Å². The van der Waals surface area contributed by atoms with E-state index in [1.54, 1.807) is 16.8 Å². The Kier molecular flexibility index (Phi) is 8.28. The maximum Gasteiger partial charge on any atom is 0.243 e. The molecule has 4 rings (SSSR count). The van der Waals surface area contributed by atoms with E-state index in [2.05, 4.69) is 36.4 Å². The van der Waals surface area contributed by atoms with E-state index in [9.17, 15) is 23.2 Å². The lowest BCUT2D eigenvalue weighted by Crippen LogP contribution is -2.46. The van der Waals surface area contributed by atoms with Gasteiger partial charge in [0.25, 0.3) is 0 Å². The third kappa shape index (κ3) is 6.57. The molecular weight excluding hydrogens is 540 g/mol. The molecule has 0 radical (unpaired) electrons. The van der Waals surface area contributed by atoms with E-state index >= 15 is 0 Å². The van der Waals surface area contributed by atoms with Crippen LogP contribution in [0, 0.1) is 17.3 Å². The second kappa shape index (κ2) is 11.3. The molecule has 0 aliphatic carbocycles. The summed E-state index contributed by atoms with van der Waals surface area (Å²) in [4.78, 5) is 39.8. The molecule has 2 aromatic carbocycles. The summed E-state index contributed by atoms with van der Waals surface area (Å²) < 4.78 is 30.3. The number of halogens is 3. The monoisotopic (exact) mass is 569 g/mol. The summed E-state index contributed by atoms with van der Waals surface area (Å²) in [6.45, 7) is 7.34. The number of ketones is 1. The first-order valence-corrected chi connectivity index (χ1v) is 16.5. The molecule has 0 unspecified atom stereocenters. The van der Waals surface area contributed by atoms with Gasteiger partial charge >= 0.3 is 0 Å². The second-order valence-electron chi connectivity index (χ2n) is 10.8. The maximum absolute atomic E-state index is 14.4. The van der Waals surface area contributed by atoms with E-state index in [0.29, 0.717) is 16.5 Å². The van der Waals surface area contributed by atoms with E-state index in [1.807, 2.05) is 18.2 Å². The summed E-state index contributed by atoms with van der Waals surface area (Å²) in [5, 5.41) is 3.21. The van der Waals surface area contributed by atoms with Crippen molar-refractivity contribution in [1.29, 1.82) is 0 Å². The lowest BCUT2D eigenvalue weighted by molar-refractivity contribution is -0.139. The second-order valence-corrected chi connectivity index (χ2v) is 15.9. The average Bonchev–Trinajstić information content (AvgIpc) is 3.43. The minimum Gasteiger partial charge on any atom is -0.350 e. The largest absolute Gasteiger partial charge is 0.350 e. The fourth-order valence-corrected chi connectivity index (χ4v) is 5.29. The maximum atomic E-state index is 14.4. The van der Waals surface area contributed by atoms with Crippen LogP contribution in [0.25, 0.3) is 10.9 Å². The Bertz CT molecular complexity index is 1520. The Balaban J connectivity index is 1.54. The molecule has 0 saturated carbocycles. The highest BCUT2D eigenvalue weighted by molar-refractivity contribution is 6.83. The molecule has 1 aliphatic heterocycles. The van der Waals surface area contributed by atoms with Crippen LogP contribution in [0.4, 0.5) is 8.78 Å². The zero-order valence-electron chi connectivity index (χ0n) is 22.3. The molecule has 1 aliphatic rings. The van der Waals surface area contributed by atoms with Crippen molar-refractivity contribution in [2.75, 3.05) is 6.54 Å². The molecule has 204 valence electrons. The average molecular weight is 570 g/mol. The Morgan fingerprint density at radius 2 is 1.92 bits per heavy atom. The normalized spacial score (nSPS) is 17.2. The van der Waals surface area contributed by atoms with Crippen LogP contribution < -0.4 is 5.32 Å². The Morgan fingerprint density at radius 3 is 2.62 bits per heavy atom. The highest BCUT2D eigenvalue weighted by Gasteiger charge is 2.39. The number of hydrogen-bond acceptors (Lipinski definition) is 3. The minimum atomic E-state index is -1.60. The highest BCUT2D eigenvalue weighted by Crippen LogP contribution is 2.26. The van der Waals surface area contributed by atoms with Gasteiger partial charge in [-0.3, -0.25) is 14.4 Å². The number of aromatic nitrogens is 1. The van der Waals surface area contributed by atoms with Crippen LogP contribution in [0.2, 0.25) is 24.7 Å². The number of rotatable bonds is 6. The van der Waals surface area contributed by atoms with Crippen molar-refractivity contribution in [3.8, 4) is 11.5 Å². The van der Waals surface area contributed by atoms with Gasteiger partial charge in [-0.05, 0) is 31.2 Å². The predicted molar refractivity (Wildman–Crippen MR) is 150 cm³/mol. The van der Waals surface area contributed by atoms with Crippen LogP contribution in [-0.2, 0) is 22.7 Å². The van der Waals surface area contributed by atoms with Crippen LogP contribution in [0.3, 0.4) is 0 Å². The van der Waals surface area contributed by atoms with Gasteiger partial charge in [-0.15, -0.1) is 5.54 Å². The van der Waals surface area contributed by atoms with E-state index in [-0.39, 0.29) is 42.4 Å². The Labute approximate surface area is 232 Å². The van der Waals surface area contributed by atoms with Gasteiger partial charge in [0.2, 0.25) is 11.8 Å². The molecule has 1 fully saturated rings. The van der Waals surface area contributed by atoms with E-state index in [4.69, 9.17) is 11.6 Å². The number of benzene rings is 2. The Hall–Kier alpha value is -3.48. The molecule has 6 nitrogen and oxygen atoms in total. The first-order chi connectivity index (χ1) is 18.3. The van der Waals surface area contributed by atoms with Gasteiger partial charge in [0.1, 0.15) is 32.6 Å². The number of nitrogens with one attached hydrogen (secondary N) is 1. The number of nitrogens with zero attached hydrogens (tertiary/aromatic N) is 2. The van der Waals surface area contributed by atoms with Gasteiger partial charge in [-0.2, -0.15) is 0 Å². The molecule has 0 spiro atoms. The molecule has 2 amide bonds. The number of likely N-dealkylation sites (tertiary alicyclic amines) is 1. The van der Waals surface area contributed by atoms with Crippen molar-refractivity contribution in [3.05, 3.63) is 70.1 Å². The van der Waals surface area contributed by atoms with E-state index in [1.165, 1.54) is 24.0 Å². The number of amides is 2. The van der Waals surface area contributed by atoms with Gasteiger partial charge in [0.15, 0.2) is 5.78 Å². The molecule has 3 aromatic rings. The van der Waals surface area contributed by atoms with Crippen LogP contribution >= 0.6 is 11.6 Å². The molecule has 2 heterocycles. The van der Waals surface area contributed by atoms with Crippen LogP contribution in [0.1, 0.15) is 34.8 Å². The van der Waals surface area contributed by atoms with Gasteiger partial charge in [0, 0.05) is 46.8 Å². The number of fused-ring (bicyclic) bond motifs is 1. The van der Waals surface area contributed by atoms with E-state index in [0.717, 1.165) is 5.56 Å². The van der Waals surface area contributed by atoms with Crippen molar-refractivity contribution in [2.24, 2.45) is 0 Å². The third-order valence-corrected chi connectivity index (χ3v) is 7.67. The third-order valence-electron chi connectivity index (χ3n) is 6.51.